The fourth-order valence-corrected chi connectivity index (χ4v) is 3.36. The molecule has 22 heavy (non-hydrogen) atoms. The quantitative estimate of drug-likeness (QED) is 0.850. The van der Waals surface area contributed by atoms with Crippen molar-refractivity contribution < 1.29 is 19.0 Å². The minimum Gasteiger partial charge on any atom is -0.445 e. The number of rotatable bonds is 2. The average Bonchev–Trinajstić information content (AvgIpc) is 2.80. The molecule has 0 aliphatic carbocycles. The van der Waals surface area contributed by atoms with Crippen molar-refractivity contribution in [1.82, 2.24) is 4.90 Å². The van der Waals surface area contributed by atoms with Crippen molar-refractivity contribution in [2.24, 2.45) is 0 Å². The number of piperidine rings is 1. The number of likely N-dealkylation sites (tertiary alicyclic amines) is 1. The van der Waals surface area contributed by atoms with E-state index in [2.05, 4.69) is 12.6 Å². The van der Waals surface area contributed by atoms with Gasteiger partial charge in [0.2, 0.25) is 0 Å². The lowest BCUT2D eigenvalue weighted by Gasteiger charge is -2.36. The lowest BCUT2D eigenvalue weighted by atomic mass is 10.1. The van der Waals surface area contributed by atoms with Gasteiger partial charge in [-0.15, -0.1) is 0 Å². The molecule has 0 spiro atoms. The molecule has 0 unspecified atom stereocenters. The van der Waals surface area contributed by atoms with Gasteiger partial charge in [0, 0.05) is 11.8 Å². The van der Waals surface area contributed by atoms with Gasteiger partial charge < -0.3 is 19.1 Å². The number of carbonyl (C=O) groups excluding carboxylic acids is 1. The number of benzene rings is 1. The van der Waals surface area contributed by atoms with Gasteiger partial charge in [-0.25, -0.2) is 4.79 Å². The fourth-order valence-electron chi connectivity index (χ4n) is 2.91. The van der Waals surface area contributed by atoms with Crippen molar-refractivity contribution in [3.05, 3.63) is 35.9 Å². The second kappa shape index (κ2) is 6.10. The number of ether oxygens (including phenoxy) is 3. The van der Waals surface area contributed by atoms with E-state index >= 15 is 0 Å². The maximum absolute atomic E-state index is 12.2. The first kappa shape index (κ1) is 15.6. The van der Waals surface area contributed by atoms with Gasteiger partial charge in [0.1, 0.15) is 18.8 Å². The molecule has 2 aliphatic rings. The van der Waals surface area contributed by atoms with E-state index in [9.17, 15) is 4.79 Å². The van der Waals surface area contributed by atoms with Crippen molar-refractivity contribution in [2.45, 2.75) is 43.7 Å². The van der Waals surface area contributed by atoms with Crippen LogP contribution in [0.3, 0.4) is 0 Å². The zero-order chi connectivity index (χ0) is 15.7. The Labute approximate surface area is 135 Å². The number of thiol groups is 1. The van der Waals surface area contributed by atoms with E-state index in [1.54, 1.807) is 4.90 Å². The van der Waals surface area contributed by atoms with E-state index in [1.807, 2.05) is 44.2 Å². The molecule has 120 valence electrons. The molecule has 0 bridgehead atoms. The Hall–Kier alpha value is -1.24. The molecule has 6 heteroatoms. The molecule has 1 amide bonds. The Balaban J connectivity index is 1.58. The Morgan fingerprint density at radius 2 is 2.05 bits per heavy atom. The number of carbonyl (C=O) groups is 1. The second-order valence-corrected chi connectivity index (χ2v) is 6.81. The highest BCUT2D eigenvalue weighted by atomic mass is 32.1. The van der Waals surface area contributed by atoms with E-state index in [4.69, 9.17) is 14.2 Å². The van der Waals surface area contributed by atoms with Gasteiger partial charge in [0.15, 0.2) is 5.79 Å². The number of hydrogen-bond acceptors (Lipinski definition) is 5. The summed E-state index contributed by atoms with van der Waals surface area (Å²) in [5, 5.41) is -0.0789. The topological polar surface area (TPSA) is 48.0 Å². The van der Waals surface area contributed by atoms with Crippen LogP contribution in [0.1, 0.15) is 19.4 Å². The molecule has 0 radical (unpaired) electrons. The van der Waals surface area contributed by atoms with Crippen LogP contribution in [-0.2, 0) is 20.8 Å². The summed E-state index contributed by atoms with van der Waals surface area (Å²) >= 11 is 4.55. The normalized spacial score (nSPS) is 30.0. The summed E-state index contributed by atoms with van der Waals surface area (Å²) in [5.74, 6) is -0.625. The van der Waals surface area contributed by atoms with Crippen molar-refractivity contribution in [2.75, 3.05) is 13.1 Å². The molecule has 3 rings (SSSR count). The summed E-state index contributed by atoms with van der Waals surface area (Å²) in [5.41, 5.74) is 0.967. The molecule has 1 aromatic rings. The van der Waals surface area contributed by atoms with E-state index in [1.165, 1.54) is 0 Å². The summed E-state index contributed by atoms with van der Waals surface area (Å²) < 4.78 is 17.1. The highest BCUT2D eigenvalue weighted by molar-refractivity contribution is 7.81. The highest BCUT2D eigenvalue weighted by Gasteiger charge is 2.48. The lowest BCUT2D eigenvalue weighted by molar-refractivity contribution is -0.144. The molecule has 3 atom stereocenters. The third kappa shape index (κ3) is 3.39. The van der Waals surface area contributed by atoms with Crippen molar-refractivity contribution in [1.29, 1.82) is 0 Å². The van der Waals surface area contributed by atoms with Gasteiger partial charge in [-0.1, -0.05) is 30.3 Å². The minimum atomic E-state index is -0.625. The third-order valence-corrected chi connectivity index (χ3v) is 4.33. The average molecular weight is 323 g/mol. The van der Waals surface area contributed by atoms with Crippen molar-refractivity contribution in [3.63, 3.8) is 0 Å². The fraction of sp³-hybridized carbons (Fsp3) is 0.562. The van der Waals surface area contributed by atoms with Gasteiger partial charge >= 0.3 is 6.09 Å². The van der Waals surface area contributed by atoms with Crippen LogP contribution in [0.4, 0.5) is 4.79 Å². The molecule has 2 aliphatic heterocycles. The van der Waals surface area contributed by atoms with Gasteiger partial charge in [-0.2, -0.15) is 12.6 Å². The summed E-state index contributed by atoms with van der Waals surface area (Å²) in [7, 11) is 0. The molecular formula is C16H21NO4S. The number of fused-ring (bicyclic) bond motifs is 1. The summed E-state index contributed by atoms with van der Waals surface area (Å²) in [6, 6.07) is 9.63. The van der Waals surface area contributed by atoms with Gasteiger partial charge in [0.25, 0.3) is 0 Å². The molecule has 2 heterocycles. The van der Waals surface area contributed by atoms with E-state index in [-0.39, 0.29) is 30.2 Å². The van der Waals surface area contributed by atoms with Crippen LogP contribution in [0.25, 0.3) is 0 Å². The van der Waals surface area contributed by atoms with Crippen LogP contribution in [-0.4, -0.2) is 47.3 Å². The molecule has 1 aromatic carbocycles. The van der Waals surface area contributed by atoms with Crippen LogP contribution in [0, 0.1) is 0 Å². The third-order valence-electron chi connectivity index (χ3n) is 3.87. The predicted octanol–water partition coefficient (Wildman–Crippen LogP) is 2.46. The molecule has 2 saturated heterocycles. The highest BCUT2D eigenvalue weighted by Crippen LogP contribution is 2.35. The predicted molar refractivity (Wildman–Crippen MR) is 84.8 cm³/mol. The first-order valence-corrected chi connectivity index (χ1v) is 7.95. The lowest BCUT2D eigenvalue weighted by Crippen LogP contribution is -2.54. The largest absolute Gasteiger partial charge is 0.445 e. The SMILES string of the molecule is CC1(C)O[C@H]2[C@H](CN(C(=O)OCc3ccccc3)C[C@@H]2S)O1. The first-order chi connectivity index (χ1) is 10.4. The van der Waals surface area contributed by atoms with E-state index in [0.29, 0.717) is 13.1 Å². The first-order valence-electron chi connectivity index (χ1n) is 7.44. The molecule has 5 nitrogen and oxygen atoms in total. The summed E-state index contributed by atoms with van der Waals surface area (Å²) in [6.07, 6.45) is -0.582. The Morgan fingerprint density at radius 3 is 2.77 bits per heavy atom. The molecule has 2 fully saturated rings. The Kier molecular flexibility index (Phi) is 4.34. The van der Waals surface area contributed by atoms with Gasteiger partial charge in [-0.05, 0) is 19.4 Å². The van der Waals surface area contributed by atoms with Gasteiger partial charge in [-0.3, -0.25) is 0 Å². The van der Waals surface area contributed by atoms with Crippen LogP contribution < -0.4 is 0 Å². The maximum atomic E-state index is 12.2. The number of nitrogens with zero attached hydrogens (tertiary/aromatic N) is 1. The Morgan fingerprint density at radius 1 is 1.32 bits per heavy atom. The molecular weight excluding hydrogens is 302 g/mol. The van der Waals surface area contributed by atoms with Crippen LogP contribution >= 0.6 is 12.6 Å². The van der Waals surface area contributed by atoms with E-state index in [0.717, 1.165) is 5.56 Å². The number of hydrogen-bond donors (Lipinski definition) is 1. The second-order valence-electron chi connectivity index (χ2n) is 6.15. The van der Waals surface area contributed by atoms with Crippen LogP contribution in [0.2, 0.25) is 0 Å². The van der Waals surface area contributed by atoms with E-state index < -0.39 is 5.79 Å². The Bertz CT molecular complexity index is 536. The zero-order valence-electron chi connectivity index (χ0n) is 12.8. The zero-order valence-corrected chi connectivity index (χ0v) is 13.7. The molecule has 0 N–H and O–H groups in total. The minimum absolute atomic E-state index is 0.0789. The number of amides is 1. The molecule has 0 aromatic heterocycles. The van der Waals surface area contributed by atoms with Crippen LogP contribution in [0.15, 0.2) is 30.3 Å². The van der Waals surface area contributed by atoms with Gasteiger partial charge in [0.05, 0.1) is 6.54 Å². The smallest absolute Gasteiger partial charge is 0.410 e. The summed E-state index contributed by atoms with van der Waals surface area (Å²) in [4.78, 5) is 13.9. The van der Waals surface area contributed by atoms with Crippen molar-refractivity contribution >= 4 is 18.7 Å². The van der Waals surface area contributed by atoms with Crippen molar-refractivity contribution in [3.8, 4) is 0 Å². The maximum Gasteiger partial charge on any atom is 0.410 e. The summed E-state index contributed by atoms with van der Waals surface area (Å²) in [6.45, 7) is 4.99. The monoisotopic (exact) mass is 323 g/mol. The van der Waals surface area contributed by atoms with Crippen LogP contribution in [0.5, 0.6) is 0 Å². The molecule has 0 saturated carbocycles. The standard InChI is InChI=1S/C16H21NO4S/c1-16(2)20-12-8-17(9-13(22)14(12)21-16)15(18)19-10-11-6-4-3-5-7-11/h3-7,12-14,22H,8-10H2,1-2H3/t12-,13-,14-/m0/s1.